The van der Waals surface area contributed by atoms with Crippen molar-refractivity contribution in [3.63, 3.8) is 0 Å². The summed E-state index contributed by atoms with van der Waals surface area (Å²) in [6, 6.07) is 5.13. The van der Waals surface area contributed by atoms with Crippen molar-refractivity contribution in [2.45, 2.75) is 26.3 Å². The highest BCUT2D eigenvalue weighted by Crippen LogP contribution is 2.28. The Balaban J connectivity index is 3.08. The summed E-state index contributed by atoms with van der Waals surface area (Å²) in [5, 5.41) is 12.0. The molecule has 0 radical (unpaired) electrons. The second-order valence-corrected chi connectivity index (χ2v) is 4.34. The van der Waals surface area contributed by atoms with Crippen molar-refractivity contribution in [2.24, 2.45) is 0 Å². The van der Waals surface area contributed by atoms with Crippen LogP contribution in [0.2, 0.25) is 0 Å². The van der Waals surface area contributed by atoms with E-state index in [1.54, 1.807) is 6.07 Å². The summed E-state index contributed by atoms with van der Waals surface area (Å²) in [6.07, 6.45) is 0.692. The van der Waals surface area contributed by atoms with Gasteiger partial charge < -0.3 is 15.3 Å². The molecule has 3 nitrogen and oxygen atoms in total. The highest BCUT2D eigenvalue weighted by molar-refractivity contribution is 5.55. The molecule has 0 aliphatic rings. The van der Waals surface area contributed by atoms with Crippen LogP contribution in [0.3, 0.4) is 0 Å². The molecule has 0 spiro atoms. The van der Waals surface area contributed by atoms with E-state index in [2.05, 4.69) is 10.2 Å². The first kappa shape index (κ1) is 14.9. The third-order valence-corrected chi connectivity index (χ3v) is 3.20. The normalized spacial score (nSPS) is 12.5. The molecule has 1 rings (SSSR count). The van der Waals surface area contributed by atoms with Gasteiger partial charge in [-0.05, 0) is 39.4 Å². The largest absolute Gasteiger partial charge is 0.396 e. The molecular formula is C14H23FN2O. The van der Waals surface area contributed by atoms with Crippen molar-refractivity contribution in [1.82, 2.24) is 5.32 Å². The van der Waals surface area contributed by atoms with Gasteiger partial charge >= 0.3 is 0 Å². The number of aliphatic hydroxyl groups is 1. The number of hydrogen-bond donors (Lipinski definition) is 2. The van der Waals surface area contributed by atoms with Gasteiger partial charge in [0.1, 0.15) is 5.82 Å². The van der Waals surface area contributed by atoms with Crippen molar-refractivity contribution in [1.29, 1.82) is 0 Å². The highest BCUT2D eigenvalue weighted by atomic mass is 19.1. The second kappa shape index (κ2) is 7.34. The summed E-state index contributed by atoms with van der Waals surface area (Å²) in [6.45, 7) is 5.67. The summed E-state index contributed by atoms with van der Waals surface area (Å²) in [7, 11) is 1.82. The average molecular weight is 254 g/mol. The van der Waals surface area contributed by atoms with Crippen LogP contribution in [-0.2, 0) is 0 Å². The molecule has 0 aromatic heterocycles. The van der Waals surface area contributed by atoms with Crippen LogP contribution in [0.4, 0.5) is 10.1 Å². The Morgan fingerprint density at radius 1 is 1.44 bits per heavy atom. The zero-order chi connectivity index (χ0) is 13.5. The predicted octanol–water partition coefficient (Wildman–Crippen LogP) is 2.31. The van der Waals surface area contributed by atoms with Crippen LogP contribution < -0.4 is 10.2 Å². The predicted molar refractivity (Wildman–Crippen MR) is 73.5 cm³/mol. The molecule has 0 heterocycles. The number of aliphatic hydroxyl groups excluding tert-OH is 1. The number of nitrogens with one attached hydrogen (secondary N) is 1. The summed E-state index contributed by atoms with van der Waals surface area (Å²) >= 11 is 0. The summed E-state index contributed by atoms with van der Waals surface area (Å²) in [5.74, 6) is -0.184. The number of anilines is 1. The van der Waals surface area contributed by atoms with E-state index in [4.69, 9.17) is 5.11 Å². The zero-order valence-corrected chi connectivity index (χ0v) is 11.4. The molecule has 2 N–H and O–H groups in total. The van der Waals surface area contributed by atoms with Gasteiger partial charge in [0.25, 0.3) is 0 Å². The van der Waals surface area contributed by atoms with E-state index < -0.39 is 0 Å². The number of nitrogens with zero attached hydrogens (tertiary/aromatic N) is 1. The Morgan fingerprint density at radius 3 is 2.72 bits per heavy atom. The van der Waals surface area contributed by atoms with Gasteiger partial charge in [-0.15, -0.1) is 0 Å². The van der Waals surface area contributed by atoms with Crippen LogP contribution in [-0.4, -0.2) is 31.9 Å². The van der Waals surface area contributed by atoms with E-state index in [1.807, 2.05) is 27.0 Å². The summed E-state index contributed by atoms with van der Waals surface area (Å²) in [5.41, 5.74) is 1.60. The molecule has 0 amide bonds. The van der Waals surface area contributed by atoms with Crippen molar-refractivity contribution in [3.05, 3.63) is 29.6 Å². The molecular weight excluding hydrogens is 231 g/mol. The number of hydrogen-bond acceptors (Lipinski definition) is 3. The van der Waals surface area contributed by atoms with Crippen LogP contribution in [0.1, 0.15) is 31.9 Å². The van der Waals surface area contributed by atoms with E-state index in [1.165, 1.54) is 6.07 Å². The third kappa shape index (κ3) is 3.43. The van der Waals surface area contributed by atoms with E-state index >= 15 is 0 Å². The molecule has 102 valence electrons. The molecule has 0 saturated heterocycles. The van der Waals surface area contributed by atoms with Crippen LogP contribution in [0.15, 0.2) is 18.2 Å². The first-order valence-corrected chi connectivity index (χ1v) is 6.47. The van der Waals surface area contributed by atoms with Gasteiger partial charge in [0.2, 0.25) is 0 Å². The van der Waals surface area contributed by atoms with Gasteiger partial charge in [-0.1, -0.05) is 6.07 Å². The highest BCUT2D eigenvalue weighted by Gasteiger charge is 2.17. The third-order valence-electron chi connectivity index (χ3n) is 3.20. The lowest BCUT2D eigenvalue weighted by molar-refractivity contribution is 0.289. The molecule has 0 saturated carbocycles. The van der Waals surface area contributed by atoms with Crippen LogP contribution in [0.25, 0.3) is 0 Å². The van der Waals surface area contributed by atoms with Gasteiger partial charge in [-0.2, -0.15) is 0 Å². The lowest BCUT2D eigenvalue weighted by atomic mass is 10.0. The maximum atomic E-state index is 14.0. The Morgan fingerprint density at radius 2 is 2.17 bits per heavy atom. The van der Waals surface area contributed by atoms with E-state index in [-0.39, 0.29) is 18.5 Å². The molecule has 4 heteroatoms. The minimum absolute atomic E-state index is 0.0376. The van der Waals surface area contributed by atoms with Crippen molar-refractivity contribution in [2.75, 3.05) is 31.6 Å². The van der Waals surface area contributed by atoms with Crippen molar-refractivity contribution < 1.29 is 9.50 Å². The standard InChI is InChI=1S/C14H23FN2O/c1-4-17(9-6-10-18)13-8-5-7-12(15)14(13)11(2)16-3/h5,7-8,11,16,18H,4,6,9-10H2,1-3H3. The average Bonchev–Trinajstić information content (AvgIpc) is 2.39. The minimum Gasteiger partial charge on any atom is -0.396 e. The summed E-state index contributed by atoms with van der Waals surface area (Å²) in [4.78, 5) is 2.10. The SMILES string of the molecule is CCN(CCCO)c1cccc(F)c1C(C)NC. The minimum atomic E-state index is -0.184. The lowest BCUT2D eigenvalue weighted by Crippen LogP contribution is -2.28. The fraction of sp³-hybridized carbons (Fsp3) is 0.571. The van der Waals surface area contributed by atoms with Gasteiger partial charge in [0.15, 0.2) is 0 Å². The molecule has 1 aromatic rings. The topological polar surface area (TPSA) is 35.5 Å². The molecule has 0 fully saturated rings. The van der Waals surface area contributed by atoms with Gasteiger partial charge in [0, 0.05) is 37.0 Å². The smallest absolute Gasteiger partial charge is 0.130 e. The lowest BCUT2D eigenvalue weighted by Gasteiger charge is -2.27. The molecule has 1 aromatic carbocycles. The summed E-state index contributed by atoms with van der Waals surface area (Å²) < 4.78 is 14.0. The fourth-order valence-electron chi connectivity index (χ4n) is 2.08. The van der Waals surface area contributed by atoms with Gasteiger partial charge in [-0.3, -0.25) is 0 Å². The molecule has 0 aliphatic carbocycles. The first-order valence-electron chi connectivity index (χ1n) is 6.47. The number of benzene rings is 1. The quantitative estimate of drug-likeness (QED) is 0.784. The Labute approximate surface area is 109 Å². The fourth-order valence-corrected chi connectivity index (χ4v) is 2.08. The van der Waals surface area contributed by atoms with Crippen LogP contribution in [0, 0.1) is 5.82 Å². The number of halogens is 1. The van der Waals surface area contributed by atoms with Crippen LogP contribution in [0.5, 0.6) is 0 Å². The molecule has 0 bridgehead atoms. The number of rotatable bonds is 7. The maximum Gasteiger partial charge on any atom is 0.130 e. The van der Waals surface area contributed by atoms with Crippen LogP contribution >= 0.6 is 0 Å². The van der Waals surface area contributed by atoms with E-state index in [0.717, 1.165) is 18.8 Å². The molecule has 18 heavy (non-hydrogen) atoms. The second-order valence-electron chi connectivity index (χ2n) is 4.34. The Kier molecular flexibility index (Phi) is 6.09. The van der Waals surface area contributed by atoms with Gasteiger partial charge in [-0.25, -0.2) is 4.39 Å². The molecule has 0 aliphatic heterocycles. The molecule has 1 unspecified atom stereocenters. The Hall–Kier alpha value is -1.13. The van der Waals surface area contributed by atoms with Gasteiger partial charge in [0.05, 0.1) is 0 Å². The van der Waals surface area contributed by atoms with E-state index in [9.17, 15) is 4.39 Å². The molecule has 1 atom stereocenters. The first-order chi connectivity index (χ1) is 8.65. The maximum absolute atomic E-state index is 14.0. The van der Waals surface area contributed by atoms with E-state index in [0.29, 0.717) is 12.0 Å². The monoisotopic (exact) mass is 254 g/mol. The zero-order valence-electron chi connectivity index (χ0n) is 11.4. The Bertz CT molecular complexity index is 371. The van der Waals surface area contributed by atoms with Crippen molar-refractivity contribution >= 4 is 5.69 Å². The van der Waals surface area contributed by atoms with Crippen molar-refractivity contribution in [3.8, 4) is 0 Å².